The van der Waals surface area contributed by atoms with Crippen molar-refractivity contribution in [3.8, 4) is 5.75 Å². The number of benzene rings is 3. The third-order valence-corrected chi connectivity index (χ3v) is 10.8. The number of thiazole rings is 1. The van der Waals surface area contributed by atoms with E-state index in [0.717, 1.165) is 24.0 Å². The lowest BCUT2D eigenvalue weighted by Gasteiger charge is -2.24. The molecule has 45 heavy (non-hydrogen) atoms. The Morgan fingerprint density at radius 3 is 2.60 bits per heavy atom. The molecule has 6 nitrogen and oxygen atoms in total. The van der Waals surface area contributed by atoms with E-state index in [4.69, 9.17) is 37.7 Å². The van der Waals surface area contributed by atoms with E-state index in [0.29, 0.717) is 42.0 Å². The second-order valence-electron chi connectivity index (χ2n) is 9.79. The largest absolute Gasteiger partial charge is 0.487 e. The third-order valence-electron chi connectivity index (χ3n) is 6.88. The molecule has 1 atom stereocenters. The first-order valence-corrected chi connectivity index (χ1v) is 17.9. The number of nitrogens with zero attached hydrogens (tertiary/aromatic N) is 2. The van der Waals surface area contributed by atoms with Crippen LogP contribution in [0.25, 0.3) is 11.8 Å². The number of thiophene rings is 1. The molecule has 0 N–H and O–H groups in total. The lowest BCUT2D eigenvalue weighted by atomic mass is 9.97. The van der Waals surface area contributed by atoms with Crippen LogP contribution < -0.4 is 19.6 Å². The monoisotopic (exact) mass is 850 g/mol. The minimum absolute atomic E-state index is 0.193. The maximum absolute atomic E-state index is 14.3. The summed E-state index contributed by atoms with van der Waals surface area (Å²) in [7, 11) is 0. The highest BCUT2D eigenvalue weighted by Gasteiger charge is 2.35. The Morgan fingerprint density at radius 1 is 1.09 bits per heavy atom. The first-order chi connectivity index (χ1) is 21.7. The van der Waals surface area contributed by atoms with E-state index < -0.39 is 12.0 Å². The van der Waals surface area contributed by atoms with Gasteiger partial charge in [0.25, 0.3) is 5.56 Å². The Balaban J connectivity index is 1.52. The van der Waals surface area contributed by atoms with Gasteiger partial charge in [0, 0.05) is 20.5 Å². The molecular formula is C33H22BrCl2IN2O4S2. The molecule has 228 valence electrons. The van der Waals surface area contributed by atoms with Crippen LogP contribution in [0.3, 0.4) is 0 Å². The molecule has 0 radical (unpaired) electrons. The van der Waals surface area contributed by atoms with Gasteiger partial charge in [0.1, 0.15) is 18.4 Å². The summed E-state index contributed by atoms with van der Waals surface area (Å²) in [5, 5.41) is 2.84. The molecule has 0 spiro atoms. The van der Waals surface area contributed by atoms with Gasteiger partial charge in [0.2, 0.25) is 0 Å². The molecule has 1 aliphatic heterocycles. The van der Waals surface area contributed by atoms with Crippen LogP contribution in [-0.2, 0) is 16.1 Å². The van der Waals surface area contributed by atoms with E-state index in [1.807, 2.05) is 72.1 Å². The Kier molecular flexibility index (Phi) is 9.98. The number of fused-ring (bicyclic) bond motifs is 1. The van der Waals surface area contributed by atoms with Gasteiger partial charge in [-0.05, 0) is 76.9 Å². The summed E-state index contributed by atoms with van der Waals surface area (Å²) in [6.07, 6.45) is 1.81. The van der Waals surface area contributed by atoms with Crippen molar-refractivity contribution >= 4 is 102 Å². The minimum Gasteiger partial charge on any atom is -0.487 e. The van der Waals surface area contributed by atoms with Crippen molar-refractivity contribution < 1.29 is 14.3 Å². The van der Waals surface area contributed by atoms with Crippen molar-refractivity contribution in [1.29, 1.82) is 0 Å². The van der Waals surface area contributed by atoms with Gasteiger partial charge >= 0.3 is 5.97 Å². The fraction of sp³-hybridized carbons (Fsp3) is 0.121. The van der Waals surface area contributed by atoms with E-state index in [9.17, 15) is 9.59 Å². The van der Waals surface area contributed by atoms with Crippen molar-refractivity contribution in [2.45, 2.75) is 19.6 Å². The fourth-order valence-corrected chi connectivity index (χ4v) is 8.76. The number of rotatable bonds is 8. The molecule has 0 fully saturated rings. The van der Waals surface area contributed by atoms with Crippen LogP contribution in [0.5, 0.6) is 5.75 Å². The highest BCUT2D eigenvalue weighted by molar-refractivity contribution is 14.1. The van der Waals surface area contributed by atoms with Gasteiger partial charge in [-0.15, -0.1) is 11.3 Å². The second kappa shape index (κ2) is 13.9. The fourth-order valence-electron chi connectivity index (χ4n) is 4.92. The van der Waals surface area contributed by atoms with Gasteiger partial charge in [0.15, 0.2) is 4.80 Å². The Hall–Kier alpha value is -2.74. The summed E-state index contributed by atoms with van der Waals surface area (Å²) in [6.45, 7) is 2.20. The predicted octanol–water partition coefficient (Wildman–Crippen LogP) is 8.25. The lowest BCUT2D eigenvalue weighted by Crippen LogP contribution is -2.39. The zero-order valence-electron chi connectivity index (χ0n) is 23.4. The maximum Gasteiger partial charge on any atom is 0.338 e. The summed E-state index contributed by atoms with van der Waals surface area (Å²) in [4.78, 5) is 34.0. The van der Waals surface area contributed by atoms with E-state index in [1.165, 1.54) is 22.7 Å². The number of hydrogen-bond donors (Lipinski definition) is 0. The molecule has 0 aliphatic carbocycles. The minimum atomic E-state index is -0.703. The van der Waals surface area contributed by atoms with Crippen LogP contribution in [0.2, 0.25) is 10.0 Å². The van der Waals surface area contributed by atoms with Crippen molar-refractivity contribution in [3.63, 3.8) is 0 Å². The normalized spacial score (nSPS) is 14.7. The molecule has 0 saturated heterocycles. The van der Waals surface area contributed by atoms with Crippen LogP contribution in [0, 0.1) is 3.57 Å². The zero-order chi connectivity index (χ0) is 31.7. The Morgan fingerprint density at radius 2 is 1.89 bits per heavy atom. The van der Waals surface area contributed by atoms with Gasteiger partial charge in [-0.2, -0.15) is 0 Å². The number of esters is 1. The van der Waals surface area contributed by atoms with Gasteiger partial charge in [-0.3, -0.25) is 9.36 Å². The SMILES string of the molecule is CCOC(=O)C1=C(c2ccccc2)N=c2s/c(=C\c3cc(Br)cc(I)c3OCc3ccc(Cl)c(Cl)c3)c(=O)n2[C@H]1c1cccs1. The molecule has 6 rings (SSSR count). The first kappa shape index (κ1) is 32.2. The van der Waals surface area contributed by atoms with E-state index in [1.54, 1.807) is 23.6 Å². The topological polar surface area (TPSA) is 69.9 Å². The summed E-state index contributed by atoms with van der Waals surface area (Å²) in [5.74, 6) is 0.106. The molecule has 2 aromatic heterocycles. The number of halogens is 4. The molecule has 0 unspecified atom stereocenters. The van der Waals surface area contributed by atoms with Crippen molar-refractivity contribution in [2.75, 3.05) is 6.61 Å². The summed E-state index contributed by atoms with van der Waals surface area (Å²) < 4.78 is 15.6. The van der Waals surface area contributed by atoms with Crippen LogP contribution in [0.4, 0.5) is 0 Å². The van der Waals surface area contributed by atoms with Gasteiger partial charge in [0.05, 0.1) is 36.0 Å². The van der Waals surface area contributed by atoms with Gasteiger partial charge < -0.3 is 9.47 Å². The predicted molar refractivity (Wildman–Crippen MR) is 193 cm³/mol. The molecule has 1 aliphatic rings. The number of carbonyl (C=O) groups is 1. The van der Waals surface area contributed by atoms with Crippen molar-refractivity contribution in [3.05, 3.63) is 143 Å². The Labute approximate surface area is 298 Å². The molecule has 12 heteroatoms. The number of ether oxygens (including phenoxy) is 2. The zero-order valence-corrected chi connectivity index (χ0v) is 30.3. The van der Waals surface area contributed by atoms with Crippen molar-refractivity contribution in [2.24, 2.45) is 4.99 Å². The molecule has 0 saturated carbocycles. The van der Waals surface area contributed by atoms with E-state index in [2.05, 4.69) is 38.5 Å². The number of hydrogen-bond acceptors (Lipinski definition) is 7. The molecule has 3 heterocycles. The van der Waals surface area contributed by atoms with Crippen LogP contribution >= 0.6 is 84.4 Å². The molecule has 5 aromatic rings. The number of aromatic nitrogens is 1. The first-order valence-electron chi connectivity index (χ1n) is 13.6. The molecule has 3 aromatic carbocycles. The smallest absolute Gasteiger partial charge is 0.338 e. The molecular weight excluding hydrogens is 830 g/mol. The van der Waals surface area contributed by atoms with Gasteiger partial charge in [-0.1, -0.05) is 92.9 Å². The maximum atomic E-state index is 14.3. The average Bonchev–Trinajstić information content (AvgIpc) is 3.66. The highest BCUT2D eigenvalue weighted by Crippen LogP contribution is 2.37. The molecule has 0 bridgehead atoms. The van der Waals surface area contributed by atoms with Crippen LogP contribution in [0.1, 0.15) is 34.5 Å². The number of carbonyl (C=O) groups excluding carboxylic acids is 1. The summed E-state index contributed by atoms with van der Waals surface area (Å²) in [5.41, 5.74) is 2.87. The summed E-state index contributed by atoms with van der Waals surface area (Å²) in [6, 6.07) is 21.8. The third kappa shape index (κ3) is 6.72. The average molecular weight is 852 g/mol. The summed E-state index contributed by atoms with van der Waals surface area (Å²) >= 11 is 20.9. The van der Waals surface area contributed by atoms with E-state index >= 15 is 0 Å². The lowest BCUT2D eigenvalue weighted by molar-refractivity contribution is -0.138. The van der Waals surface area contributed by atoms with E-state index in [-0.39, 0.29) is 18.8 Å². The van der Waals surface area contributed by atoms with Crippen LogP contribution in [-0.4, -0.2) is 17.1 Å². The standard InChI is InChI=1S/C33H22BrCl2IN2O4S2/c1-2-42-32(41)27-28(19-7-4-3-5-8-19)38-33-39(29(27)25-9-6-12-44-25)31(40)26(45-33)15-20-14-21(34)16-24(37)30(20)43-17-18-10-11-22(35)23(36)13-18/h3-16,29H,2,17H2,1H3/b26-15-/t29-/m0/s1. The highest BCUT2D eigenvalue weighted by atomic mass is 127. The van der Waals surface area contributed by atoms with Crippen molar-refractivity contribution in [1.82, 2.24) is 4.57 Å². The van der Waals surface area contributed by atoms with Gasteiger partial charge in [-0.25, -0.2) is 9.79 Å². The molecule has 0 amide bonds. The van der Waals surface area contributed by atoms with Crippen LogP contribution in [0.15, 0.2) is 98.0 Å². The quantitative estimate of drug-likeness (QED) is 0.117. The Bertz CT molecular complexity index is 2130. The second-order valence-corrected chi connectivity index (χ2v) is 14.7.